The number of nitrogens with two attached hydrogens (primary N) is 1. The summed E-state index contributed by atoms with van der Waals surface area (Å²) in [5.74, 6) is 0.147. The number of anilines is 1. The molecule has 8 heteroatoms. The number of halogens is 1. The molecule has 0 bridgehead atoms. The summed E-state index contributed by atoms with van der Waals surface area (Å²) in [6, 6.07) is 10.1. The Morgan fingerprint density at radius 2 is 1.82 bits per heavy atom. The number of sulfonamides is 1. The minimum absolute atomic E-state index is 0.0634. The number of ether oxygens (including phenoxy) is 1. The van der Waals surface area contributed by atoms with Crippen molar-refractivity contribution in [1.29, 1.82) is 0 Å². The number of primary sulfonamides is 1. The molecule has 22 heavy (non-hydrogen) atoms. The van der Waals surface area contributed by atoms with Crippen LogP contribution in [-0.2, 0) is 10.0 Å². The van der Waals surface area contributed by atoms with Crippen molar-refractivity contribution in [2.24, 2.45) is 5.14 Å². The molecule has 0 radical (unpaired) electrons. The summed E-state index contributed by atoms with van der Waals surface area (Å²) in [5.41, 5.74) is 0.697. The van der Waals surface area contributed by atoms with Crippen LogP contribution in [0.3, 0.4) is 0 Å². The zero-order valence-corrected chi connectivity index (χ0v) is 13.1. The topological polar surface area (TPSA) is 98.5 Å². The van der Waals surface area contributed by atoms with Crippen LogP contribution in [0.2, 0.25) is 5.02 Å². The molecule has 0 aliphatic heterocycles. The first-order valence-electron chi connectivity index (χ1n) is 6.09. The number of carbonyl (C=O) groups excluding carboxylic acids is 1. The molecule has 2 aromatic carbocycles. The van der Waals surface area contributed by atoms with Gasteiger partial charge in [-0.05, 0) is 36.4 Å². The second-order valence-electron chi connectivity index (χ2n) is 4.37. The fraction of sp³-hybridized carbons (Fsp3) is 0.0714. The van der Waals surface area contributed by atoms with E-state index in [1.54, 1.807) is 18.2 Å². The highest BCUT2D eigenvalue weighted by Crippen LogP contribution is 2.27. The van der Waals surface area contributed by atoms with Crippen LogP contribution >= 0.6 is 11.6 Å². The van der Waals surface area contributed by atoms with Gasteiger partial charge in [-0.2, -0.15) is 0 Å². The molecule has 0 aliphatic rings. The molecule has 3 N–H and O–H groups in total. The molecule has 6 nitrogen and oxygen atoms in total. The molecule has 0 spiro atoms. The second kappa shape index (κ2) is 6.35. The van der Waals surface area contributed by atoms with Gasteiger partial charge in [-0.25, -0.2) is 13.6 Å². The highest BCUT2D eigenvalue weighted by atomic mass is 35.5. The fourth-order valence-corrected chi connectivity index (χ4v) is 2.45. The summed E-state index contributed by atoms with van der Waals surface area (Å²) in [7, 11) is -2.27. The molecule has 0 fully saturated rings. The highest BCUT2D eigenvalue weighted by molar-refractivity contribution is 7.89. The maximum absolute atomic E-state index is 12.1. The van der Waals surface area contributed by atoms with Gasteiger partial charge in [0, 0.05) is 11.6 Å². The predicted molar refractivity (Wildman–Crippen MR) is 83.8 cm³/mol. The molecular weight excluding hydrogens is 328 g/mol. The second-order valence-corrected chi connectivity index (χ2v) is 6.34. The van der Waals surface area contributed by atoms with E-state index >= 15 is 0 Å². The first kappa shape index (κ1) is 16.3. The third-order valence-corrected chi connectivity index (χ3v) is 4.11. The number of amides is 1. The molecule has 2 rings (SSSR count). The van der Waals surface area contributed by atoms with Crippen molar-refractivity contribution in [3.63, 3.8) is 0 Å². The van der Waals surface area contributed by atoms with Crippen LogP contribution in [0.25, 0.3) is 0 Å². The zero-order chi connectivity index (χ0) is 16.3. The van der Waals surface area contributed by atoms with Crippen LogP contribution < -0.4 is 15.2 Å². The number of methoxy groups -OCH3 is 1. The van der Waals surface area contributed by atoms with E-state index in [9.17, 15) is 13.2 Å². The van der Waals surface area contributed by atoms with Gasteiger partial charge in [-0.15, -0.1) is 0 Å². The Kier molecular flexibility index (Phi) is 4.70. The van der Waals surface area contributed by atoms with Crippen LogP contribution in [-0.4, -0.2) is 21.4 Å². The van der Waals surface area contributed by atoms with E-state index in [0.717, 1.165) is 0 Å². The predicted octanol–water partition coefficient (Wildman–Crippen LogP) is 2.25. The highest BCUT2D eigenvalue weighted by Gasteiger charge is 2.12. The Morgan fingerprint density at radius 1 is 1.18 bits per heavy atom. The Balaban J connectivity index is 2.19. The Bertz CT molecular complexity index is 804. The van der Waals surface area contributed by atoms with Crippen molar-refractivity contribution in [2.45, 2.75) is 4.90 Å². The lowest BCUT2D eigenvalue weighted by atomic mass is 10.2. The van der Waals surface area contributed by atoms with Gasteiger partial charge in [0.1, 0.15) is 5.75 Å². The average molecular weight is 341 g/mol. The van der Waals surface area contributed by atoms with E-state index in [-0.39, 0.29) is 10.5 Å². The van der Waals surface area contributed by atoms with Crippen molar-refractivity contribution in [2.75, 3.05) is 12.4 Å². The molecule has 0 aromatic heterocycles. The van der Waals surface area contributed by atoms with E-state index in [4.69, 9.17) is 21.5 Å². The molecule has 1 amide bonds. The summed E-state index contributed by atoms with van der Waals surface area (Å²) >= 11 is 6.03. The third kappa shape index (κ3) is 3.76. The Labute approximate surface area is 132 Å². The third-order valence-electron chi connectivity index (χ3n) is 2.87. The van der Waals surface area contributed by atoms with Crippen molar-refractivity contribution in [3.05, 3.63) is 53.1 Å². The lowest BCUT2D eigenvalue weighted by molar-refractivity contribution is 0.102. The quantitative estimate of drug-likeness (QED) is 0.891. The summed E-state index contributed by atoms with van der Waals surface area (Å²) in [4.78, 5) is 12.0. The van der Waals surface area contributed by atoms with Gasteiger partial charge in [-0.1, -0.05) is 11.6 Å². The van der Waals surface area contributed by atoms with Crippen LogP contribution in [0.5, 0.6) is 5.75 Å². The molecule has 0 saturated heterocycles. The summed E-state index contributed by atoms with van der Waals surface area (Å²) in [6.07, 6.45) is 0. The van der Waals surface area contributed by atoms with Gasteiger partial charge < -0.3 is 10.1 Å². The maximum atomic E-state index is 12.1. The van der Waals surface area contributed by atoms with Crippen molar-refractivity contribution in [3.8, 4) is 5.75 Å². The lowest BCUT2D eigenvalue weighted by Gasteiger charge is -2.09. The monoisotopic (exact) mass is 340 g/mol. The van der Waals surface area contributed by atoms with Crippen LogP contribution in [0.4, 0.5) is 5.69 Å². The number of hydrogen-bond donors (Lipinski definition) is 2. The molecule has 0 aliphatic carbocycles. The number of nitrogens with one attached hydrogen (secondary N) is 1. The Hall–Kier alpha value is -2.09. The van der Waals surface area contributed by atoms with E-state index in [1.165, 1.54) is 31.4 Å². The van der Waals surface area contributed by atoms with E-state index in [0.29, 0.717) is 16.5 Å². The zero-order valence-electron chi connectivity index (χ0n) is 11.5. The normalized spacial score (nSPS) is 11.0. The molecule has 2 aromatic rings. The van der Waals surface area contributed by atoms with Gasteiger partial charge in [-0.3, -0.25) is 4.79 Å². The van der Waals surface area contributed by atoms with E-state index in [2.05, 4.69) is 5.32 Å². The fourth-order valence-electron chi connectivity index (χ4n) is 1.71. The van der Waals surface area contributed by atoms with Gasteiger partial charge >= 0.3 is 0 Å². The molecule has 0 heterocycles. The largest absolute Gasteiger partial charge is 0.497 e. The standard InChI is InChI=1S/C14H13ClN2O4S/c1-21-10-4-7-13(12(15)8-10)17-14(18)9-2-5-11(6-3-9)22(16,19)20/h2-8H,1H3,(H,17,18)(H2,16,19,20). The molecule has 0 atom stereocenters. The van der Waals surface area contributed by atoms with Crippen molar-refractivity contribution < 1.29 is 17.9 Å². The van der Waals surface area contributed by atoms with Gasteiger partial charge in [0.05, 0.1) is 22.7 Å². The van der Waals surface area contributed by atoms with Crippen LogP contribution in [0, 0.1) is 0 Å². The van der Waals surface area contributed by atoms with Crippen molar-refractivity contribution >= 4 is 33.2 Å². The molecule has 116 valence electrons. The summed E-state index contributed by atoms with van der Waals surface area (Å²) < 4.78 is 27.3. The van der Waals surface area contributed by atoms with Gasteiger partial charge in [0.25, 0.3) is 5.91 Å². The first-order valence-corrected chi connectivity index (χ1v) is 8.01. The lowest BCUT2D eigenvalue weighted by Crippen LogP contribution is -2.14. The van der Waals surface area contributed by atoms with E-state index in [1.807, 2.05) is 0 Å². The average Bonchev–Trinajstić information content (AvgIpc) is 2.48. The van der Waals surface area contributed by atoms with Crippen LogP contribution in [0.1, 0.15) is 10.4 Å². The Morgan fingerprint density at radius 3 is 2.32 bits per heavy atom. The maximum Gasteiger partial charge on any atom is 0.255 e. The van der Waals surface area contributed by atoms with Crippen molar-refractivity contribution in [1.82, 2.24) is 0 Å². The smallest absolute Gasteiger partial charge is 0.255 e. The minimum atomic E-state index is -3.79. The van der Waals surface area contributed by atoms with Gasteiger partial charge in [0.2, 0.25) is 10.0 Å². The minimum Gasteiger partial charge on any atom is -0.497 e. The van der Waals surface area contributed by atoms with E-state index < -0.39 is 15.9 Å². The molecule has 0 unspecified atom stereocenters. The number of hydrogen-bond acceptors (Lipinski definition) is 4. The summed E-state index contributed by atoms with van der Waals surface area (Å²) in [5, 5.41) is 7.95. The van der Waals surface area contributed by atoms with Crippen LogP contribution in [0.15, 0.2) is 47.4 Å². The number of benzene rings is 2. The van der Waals surface area contributed by atoms with Gasteiger partial charge in [0.15, 0.2) is 0 Å². The summed E-state index contributed by atoms with van der Waals surface area (Å²) in [6.45, 7) is 0. The SMILES string of the molecule is COc1ccc(NC(=O)c2ccc(S(N)(=O)=O)cc2)c(Cl)c1. The molecule has 0 saturated carbocycles. The molecular formula is C14H13ClN2O4S. The number of carbonyl (C=O) groups is 1. The first-order chi connectivity index (χ1) is 10.3. The number of rotatable bonds is 4.